The number of hydrogen-bond acceptors (Lipinski definition) is 7. The number of hydrogen-bond donors (Lipinski definition) is 3. The first kappa shape index (κ1) is 21.4. The van der Waals surface area contributed by atoms with E-state index >= 15 is 0 Å². The second kappa shape index (κ2) is 9.95. The van der Waals surface area contributed by atoms with Gasteiger partial charge in [-0.3, -0.25) is 0 Å². The second-order valence-corrected chi connectivity index (χ2v) is 7.59. The van der Waals surface area contributed by atoms with Crippen LogP contribution >= 0.6 is 0 Å². The first-order valence-corrected chi connectivity index (χ1v) is 10.4. The quantitative estimate of drug-likeness (QED) is 0.515. The summed E-state index contributed by atoms with van der Waals surface area (Å²) in [5, 5.41) is 25.6. The number of rotatable bonds is 7. The molecule has 1 saturated carbocycles. The topological polar surface area (TPSA) is 103 Å². The van der Waals surface area contributed by atoms with Crippen molar-refractivity contribution in [1.82, 2.24) is 9.97 Å². The Balaban J connectivity index is 1.45. The smallest absolute Gasteiger partial charge is 0.224 e. The molecule has 1 fully saturated rings. The maximum atomic E-state index is 13.1. The SMILES string of the molecule is N#Cc1cnc(NCc2cc#ccc2Oc2ccc(F)cc2)nc1NC1CCC(O)CC1. The Kier molecular flexibility index (Phi) is 6.64. The van der Waals surface area contributed by atoms with Gasteiger partial charge in [-0.25, -0.2) is 9.37 Å². The highest BCUT2D eigenvalue weighted by Gasteiger charge is 2.21. The summed E-state index contributed by atoms with van der Waals surface area (Å²) < 4.78 is 19.0. The van der Waals surface area contributed by atoms with Crippen molar-refractivity contribution in [2.45, 2.75) is 44.4 Å². The average molecular weight is 431 g/mol. The highest BCUT2D eigenvalue weighted by molar-refractivity contribution is 5.54. The van der Waals surface area contributed by atoms with Crippen molar-refractivity contribution in [2.24, 2.45) is 0 Å². The molecule has 1 aliphatic rings. The zero-order chi connectivity index (χ0) is 22.3. The van der Waals surface area contributed by atoms with Crippen molar-refractivity contribution in [2.75, 3.05) is 10.6 Å². The molecule has 3 aromatic rings. The summed E-state index contributed by atoms with van der Waals surface area (Å²) in [6.45, 7) is 0.350. The largest absolute Gasteiger partial charge is 0.456 e. The monoisotopic (exact) mass is 431 g/mol. The molecule has 0 spiro atoms. The number of aliphatic hydroxyl groups excluding tert-OH is 1. The lowest BCUT2D eigenvalue weighted by atomic mass is 9.93. The molecule has 0 unspecified atom stereocenters. The highest BCUT2D eigenvalue weighted by Crippen LogP contribution is 2.26. The van der Waals surface area contributed by atoms with Gasteiger partial charge in [-0.15, -0.1) is 0 Å². The van der Waals surface area contributed by atoms with E-state index in [1.54, 1.807) is 24.3 Å². The van der Waals surface area contributed by atoms with Gasteiger partial charge in [-0.05, 0) is 56.0 Å². The molecule has 8 heteroatoms. The Hall–Kier alpha value is -3.88. The van der Waals surface area contributed by atoms with E-state index in [1.165, 1.54) is 18.3 Å². The van der Waals surface area contributed by atoms with E-state index in [-0.39, 0.29) is 18.0 Å². The fourth-order valence-electron chi connectivity index (χ4n) is 3.51. The molecule has 1 aromatic heterocycles. The van der Waals surface area contributed by atoms with Gasteiger partial charge in [0.1, 0.15) is 34.8 Å². The number of aromatic nitrogens is 2. The number of anilines is 2. The molecule has 32 heavy (non-hydrogen) atoms. The Morgan fingerprint density at radius 3 is 2.66 bits per heavy atom. The predicted molar refractivity (Wildman–Crippen MR) is 117 cm³/mol. The summed E-state index contributed by atoms with van der Waals surface area (Å²) in [5.74, 6) is 1.56. The van der Waals surface area contributed by atoms with Gasteiger partial charge in [-0.1, -0.05) is 12.1 Å². The van der Waals surface area contributed by atoms with Crippen LogP contribution in [0.5, 0.6) is 11.5 Å². The minimum Gasteiger partial charge on any atom is -0.456 e. The lowest BCUT2D eigenvalue weighted by molar-refractivity contribution is 0.126. The molecule has 0 bridgehead atoms. The van der Waals surface area contributed by atoms with Crippen LogP contribution in [-0.4, -0.2) is 27.2 Å². The average Bonchev–Trinajstić information content (AvgIpc) is 2.81. The molecule has 3 N–H and O–H groups in total. The molecule has 0 aliphatic heterocycles. The van der Waals surface area contributed by atoms with E-state index < -0.39 is 0 Å². The van der Waals surface area contributed by atoms with E-state index in [1.807, 2.05) is 0 Å². The summed E-state index contributed by atoms with van der Waals surface area (Å²) in [6, 6.07) is 17.2. The van der Waals surface area contributed by atoms with Crippen LogP contribution in [-0.2, 0) is 6.54 Å². The van der Waals surface area contributed by atoms with Crippen molar-refractivity contribution >= 4 is 11.8 Å². The molecule has 1 aliphatic carbocycles. The third-order valence-electron chi connectivity index (χ3n) is 5.27. The van der Waals surface area contributed by atoms with E-state index in [9.17, 15) is 14.8 Å². The second-order valence-electron chi connectivity index (χ2n) is 7.59. The summed E-state index contributed by atoms with van der Waals surface area (Å²) in [4.78, 5) is 8.70. The van der Waals surface area contributed by atoms with Crippen molar-refractivity contribution < 1.29 is 14.2 Å². The number of nitrogens with zero attached hydrogens (tertiary/aromatic N) is 3. The summed E-state index contributed by atoms with van der Waals surface area (Å²) >= 11 is 0. The third kappa shape index (κ3) is 5.42. The third-order valence-corrected chi connectivity index (χ3v) is 5.27. The van der Waals surface area contributed by atoms with Crippen LogP contribution in [0.15, 0.2) is 42.6 Å². The Labute approximate surface area is 185 Å². The highest BCUT2D eigenvalue weighted by atomic mass is 19.1. The molecule has 0 atom stereocenters. The van der Waals surface area contributed by atoms with Gasteiger partial charge in [0, 0.05) is 24.2 Å². The summed E-state index contributed by atoms with van der Waals surface area (Å²) in [5.41, 5.74) is 1.15. The van der Waals surface area contributed by atoms with E-state index in [2.05, 4.69) is 38.8 Å². The molecule has 1 heterocycles. The van der Waals surface area contributed by atoms with Crippen LogP contribution in [0.4, 0.5) is 16.2 Å². The van der Waals surface area contributed by atoms with Crippen molar-refractivity contribution in [3.63, 3.8) is 0 Å². The number of ether oxygens (including phenoxy) is 1. The van der Waals surface area contributed by atoms with Gasteiger partial charge in [0.15, 0.2) is 0 Å². The zero-order valence-electron chi connectivity index (χ0n) is 17.3. The van der Waals surface area contributed by atoms with Crippen molar-refractivity contribution in [1.29, 1.82) is 5.26 Å². The standard InChI is InChI=1S/C24H22FN5O2/c25-18-5-11-21(12-6-18)32-22-4-2-1-3-16(22)14-27-24-28-15-17(13-26)23(30-24)29-19-7-9-20(31)10-8-19/h3-6,11-12,15,19-20,31H,7-10,14H2,(H2,27,28,29,30). The molecule has 0 amide bonds. The Morgan fingerprint density at radius 2 is 1.91 bits per heavy atom. The molecular formula is C24H22FN5O2. The number of nitriles is 1. The Bertz CT molecular complexity index is 1090. The molecule has 4 rings (SSSR count). The molecule has 0 saturated heterocycles. The molecule has 7 nitrogen and oxygen atoms in total. The maximum absolute atomic E-state index is 13.1. The number of nitrogens with one attached hydrogen (secondary N) is 2. The predicted octanol–water partition coefficient (Wildman–Crippen LogP) is 4.21. The van der Waals surface area contributed by atoms with E-state index in [4.69, 9.17) is 4.74 Å². The molecule has 0 radical (unpaired) electrons. The first-order chi connectivity index (χ1) is 15.6. The van der Waals surface area contributed by atoms with Gasteiger partial charge in [-0.2, -0.15) is 10.2 Å². The van der Waals surface area contributed by atoms with E-state index in [0.717, 1.165) is 31.2 Å². The number of benzene rings is 1. The van der Waals surface area contributed by atoms with Crippen LogP contribution < -0.4 is 15.4 Å². The minimum absolute atomic E-state index is 0.156. The van der Waals surface area contributed by atoms with Gasteiger partial charge in [0.05, 0.1) is 12.3 Å². The van der Waals surface area contributed by atoms with E-state index in [0.29, 0.717) is 35.4 Å². The fourth-order valence-corrected chi connectivity index (χ4v) is 3.51. The summed E-state index contributed by atoms with van der Waals surface area (Å²) in [6.07, 6.45) is 4.33. The lowest BCUT2D eigenvalue weighted by Gasteiger charge is -2.26. The van der Waals surface area contributed by atoms with Crippen LogP contribution in [0.25, 0.3) is 0 Å². The van der Waals surface area contributed by atoms with Crippen molar-refractivity contribution in [3.05, 3.63) is 71.7 Å². The van der Waals surface area contributed by atoms with Crippen LogP contribution in [0.3, 0.4) is 0 Å². The molecule has 2 aromatic carbocycles. The first-order valence-electron chi connectivity index (χ1n) is 10.4. The van der Waals surface area contributed by atoms with Crippen LogP contribution in [0.2, 0.25) is 0 Å². The lowest BCUT2D eigenvalue weighted by Crippen LogP contribution is -2.29. The van der Waals surface area contributed by atoms with Gasteiger partial charge in [0.25, 0.3) is 0 Å². The minimum atomic E-state index is -0.334. The fraction of sp³-hybridized carbons (Fsp3) is 0.292. The van der Waals surface area contributed by atoms with Gasteiger partial charge < -0.3 is 20.5 Å². The van der Waals surface area contributed by atoms with Gasteiger partial charge in [0.2, 0.25) is 5.95 Å². The zero-order valence-corrected chi connectivity index (χ0v) is 17.3. The normalized spacial score (nSPS) is 17.7. The number of halogens is 1. The van der Waals surface area contributed by atoms with Gasteiger partial charge >= 0.3 is 0 Å². The molecule has 162 valence electrons. The van der Waals surface area contributed by atoms with Crippen LogP contribution in [0, 0.1) is 29.3 Å². The number of aliphatic hydroxyl groups is 1. The molecular weight excluding hydrogens is 409 g/mol. The summed E-state index contributed by atoms with van der Waals surface area (Å²) in [7, 11) is 0. The van der Waals surface area contributed by atoms with Crippen molar-refractivity contribution in [3.8, 4) is 17.6 Å². The maximum Gasteiger partial charge on any atom is 0.224 e. The van der Waals surface area contributed by atoms with Crippen LogP contribution in [0.1, 0.15) is 36.8 Å². The Morgan fingerprint density at radius 1 is 1.16 bits per heavy atom.